The molecule has 1 aromatic rings. The molecule has 2 unspecified atom stereocenters. The van der Waals surface area contributed by atoms with E-state index in [1.54, 1.807) is 19.2 Å². The first-order chi connectivity index (χ1) is 8.61. The highest BCUT2D eigenvalue weighted by Crippen LogP contribution is 2.24. The molecule has 2 rings (SSSR count). The minimum absolute atomic E-state index is 0.0652. The SMILES string of the molecule is COc1cc(Br)ccc1C(=O)NC1CCCC1N. The highest BCUT2D eigenvalue weighted by atomic mass is 79.9. The van der Waals surface area contributed by atoms with Crippen LogP contribution in [0.3, 0.4) is 0 Å². The van der Waals surface area contributed by atoms with Crippen LogP contribution < -0.4 is 15.8 Å². The molecule has 0 aliphatic heterocycles. The molecule has 1 aromatic carbocycles. The van der Waals surface area contributed by atoms with Gasteiger partial charge in [-0.2, -0.15) is 0 Å². The number of ether oxygens (including phenoxy) is 1. The summed E-state index contributed by atoms with van der Waals surface area (Å²) in [6, 6.07) is 5.50. The zero-order valence-corrected chi connectivity index (χ0v) is 11.9. The van der Waals surface area contributed by atoms with Crippen LogP contribution in [0.2, 0.25) is 0 Å². The van der Waals surface area contributed by atoms with E-state index in [-0.39, 0.29) is 18.0 Å². The molecule has 1 amide bonds. The molecule has 0 heterocycles. The summed E-state index contributed by atoms with van der Waals surface area (Å²) in [4.78, 5) is 12.2. The Morgan fingerprint density at radius 2 is 2.28 bits per heavy atom. The second-order valence-electron chi connectivity index (χ2n) is 4.52. The fourth-order valence-corrected chi connectivity index (χ4v) is 2.61. The van der Waals surface area contributed by atoms with E-state index in [0.29, 0.717) is 11.3 Å². The van der Waals surface area contributed by atoms with Crippen molar-refractivity contribution in [1.82, 2.24) is 5.32 Å². The summed E-state index contributed by atoms with van der Waals surface area (Å²) in [7, 11) is 1.56. The van der Waals surface area contributed by atoms with Gasteiger partial charge in [0.25, 0.3) is 5.91 Å². The van der Waals surface area contributed by atoms with Gasteiger partial charge in [0.05, 0.1) is 12.7 Å². The smallest absolute Gasteiger partial charge is 0.255 e. The molecule has 0 aromatic heterocycles. The van der Waals surface area contributed by atoms with Crippen molar-refractivity contribution in [2.75, 3.05) is 7.11 Å². The third-order valence-electron chi connectivity index (χ3n) is 3.29. The molecule has 98 valence electrons. The lowest BCUT2D eigenvalue weighted by Gasteiger charge is -2.18. The van der Waals surface area contributed by atoms with Gasteiger partial charge in [-0.3, -0.25) is 4.79 Å². The van der Waals surface area contributed by atoms with E-state index in [0.717, 1.165) is 23.7 Å². The maximum atomic E-state index is 12.2. The highest BCUT2D eigenvalue weighted by Gasteiger charge is 2.26. The number of rotatable bonds is 3. The van der Waals surface area contributed by atoms with Crippen LogP contribution in [-0.2, 0) is 0 Å². The first-order valence-corrected chi connectivity index (χ1v) is 6.81. The molecule has 3 N–H and O–H groups in total. The van der Waals surface area contributed by atoms with Crippen LogP contribution >= 0.6 is 15.9 Å². The van der Waals surface area contributed by atoms with Gasteiger partial charge in [0.2, 0.25) is 0 Å². The molecular weight excluding hydrogens is 296 g/mol. The second-order valence-corrected chi connectivity index (χ2v) is 5.43. The Morgan fingerprint density at radius 1 is 1.50 bits per heavy atom. The summed E-state index contributed by atoms with van der Waals surface area (Å²) in [5.74, 6) is 0.440. The summed E-state index contributed by atoms with van der Waals surface area (Å²) < 4.78 is 6.10. The summed E-state index contributed by atoms with van der Waals surface area (Å²) in [6.45, 7) is 0. The number of nitrogens with two attached hydrogens (primary N) is 1. The number of halogens is 1. The number of methoxy groups -OCH3 is 1. The zero-order valence-electron chi connectivity index (χ0n) is 10.3. The summed E-state index contributed by atoms with van der Waals surface area (Å²) in [5, 5.41) is 2.98. The van der Waals surface area contributed by atoms with Crippen LogP contribution in [0.25, 0.3) is 0 Å². The maximum Gasteiger partial charge on any atom is 0.255 e. The molecule has 1 aliphatic carbocycles. The normalized spacial score (nSPS) is 22.8. The number of nitrogens with one attached hydrogen (secondary N) is 1. The number of hydrogen-bond acceptors (Lipinski definition) is 3. The maximum absolute atomic E-state index is 12.2. The fourth-order valence-electron chi connectivity index (χ4n) is 2.27. The van der Waals surface area contributed by atoms with Crippen molar-refractivity contribution in [3.05, 3.63) is 28.2 Å². The number of hydrogen-bond donors (Lipinski definition) is 2. The summed E-state index contributed by atoms with van der Waals surface area (Å²) in [6.07, 6.45) is 3.00. The van der Waals surface area contributed by atoms with Gasteiger partial charge >= 0.3 is 0 Å². The largest absolute Gasteiger partial charge is 0.496 e. The third-order valence-corrected chi connectivity index (χ3v) is 3.79. The van der Waals surface area contributed by atoms with Crippen LogP contribution in [0, 0.1) is 0 Å². The molecular formula is C13H17BrN2O2. The van der Waals surface area contributed by atoms with Crippen molar-refractivity contribution in [3.63, 3.8) is 0 Å². The van der Waals surface area contributed by atoms with E-state index < -0.39 is 0 Å². The lowest BCUT2D eigenvalue weighted by Crippen LogP contribution is -2.44. The molecule has 0 radical (unpaired) electrons. The predicted molar refractivity (Wildman–Crippen MR) is 73.8 cm³/mol. The van der Waals surface area contributed by atoms with Gasteiger partial charge < -0.3 is 15.8 Å². The van der Waals surface area contributed by atoms with E-state index >= 15 is 0 Å². The van der Waals surface area contributed by atoms with E-state index in [9.17, 15) is 4.79 Å². The average Bonchev–Trinajstić information content (AvgIpc) is 2.74. The van der Waals surface area contributed by atoms with Crippen molar-refractivity contribution in [3.8, 4) is 5.75 Å². The van der Waals surface area contributed by atoms with Crippen molar-refractivity contribution in [2.45, 2.75) is 31.3 Å². The van der Waals surface area contributed by atoms with Gasteiger partial charge in [-0.1, -0.05) is 15.9 Å². The monoisotopic (exact) mass is 312 g/mol. The molecule has 2 atom stereocenters. The molecule has 0 bridgehead atoms. The van der Waals surface area contributed by atoms with Gasteiger partial charge in [-0.25, -0.2) is 0 Å². The standard InChI is InChI=1S/C13H17BrN2O2/c1-18-12-7-8(14)5-6-9(12)13(17)16-11-4-2-3-10(11)15/h5-7,10-11H,2-4,15H2,1H3,(H,16,17). The Labute approximate surface area is 115 Å². The van der Waals surface area contributed by atoms with E-state index in [4.69, 9.17) is 10.5 Å². The molecule has 4 nitrogen and oxygen atoms in total. The van der Waals surface area contributed by atoms with E-state index in [1.807, 2.05) is 6.07 Å². The van der Waals surface area contributed by atoms with Crippen LogP contribution in [0.1, 0.15) is 29.6 Å². The quantitative estimate of drug-likeness (QED) is 0.898. The lowest BCUT2D eigenvalue weighted by molar-refractivity contribution is 0.0931. The molecule has 1 aliphatic rings. The van der Waals surface area contributed by atoms with Crippen molar-refractivity contribution >= 4 is 21.8 Å². The molecule has 5 heteroatoms. The van der Waals surface area contributed by atoms with Crippen LogP contribution in [0.5, 0.6) is 5.75 Å². The van der Waals surface area contributed by atoms with Crippen molar-refractivity contribution in [2.24, 2.45) is 5.73 Å². The Balaban J connectivity index is 2.13. The van der Waals surface area contributed by atoms with Gasteiger partial charge in [-0.15, -0.1) is 0 Å². The minimum Gasteiger partial charge on any atom is -0.496 e. The van der Waals surface area contributed by atoms with Crippen LogP contribution in [-0.4, -0.2) is 25.1 Å². The first kappa shape index (κ1) is 13.4. The molecule has 1 saturated carbocycles. The Hall–Kier alpha value is -1.07. The van der Waals surface area contributed by atoms with Crippen molar-refractivity contribution in [1.29, 1.82) is 0 Å². The van der Waals surface area contributed by atoms with Crippen LogP contribution in [0.15, 0.2) is 22.7 Å². The minimum atomic E-state index is -0.123. The molecule has 18 heavy (non-hydrogen) atoms. The third kappa shape index (κ3) is 2.84. The lowest BCUT2D eigenvalue weighted by atomic mass is 10.1. The summed E-state index contributed by atoms with van der Waals surface area (Å²) in [5.41, 5.74) is 6.49. The second kappa shape index (κ2) is 5.71. The van der Waals surface area contributed by atoms with Crippen LogP contribution in [0.4, 0.5) is 0 Å². The number of benzene rings is 1. The predicted octanol–water partition coefficient (Wildman–Crippen LogP) is 2.07. The summed E-state index contributed by atoms with van der Waals surface area (Å²) >= 11 is 3.35. The topological polar surface area (TPSA) is 64.3 Å². The zero-order chi connectivity index (χ0) is 13.1. The molecule has 1 fully saturated rings. The highest BCUT2D eigenvalue weighted by molar-refractivity contribution is 9.10. The number of carbonyl (C=O) groups is 1. The van der Waals surface area contributed by atoms with Gasteiger partial charge in [0, 0.05) is 16.6 Å². The Bertz CT molecular complexity index is 451. The van der Waals surface area contributed by atoms with Crippen molar-refractivity contribution < 1.29 is 9.53 Å². The molecule has 0 spiro atoms. The first-order valence-electron chi connectivity index (χ1n) is 6.02. The number of amides is 1. The van der Waals surface area contributed by atoms with Gasteiger partial charge in [0.15, 0.2) is 0 Å². The van der Waals surface area contributed by atoms with Gasteiger partial charge in [-0.05, 0) is 37.5 Å². The Kier molecular flexibility index (Phi) is 4.24. The van der Waals surface area contributed by atoms with Gasteiger partial charge in [0.1, 0.15) is 5.75 Å². The Morgan fingerprint density at radius 3 is 2.89 bits per heavy atom. The average molecular weight is 313 g/mol. The fraction of sp³-hybridized carbons (Fsp3) is 0.462. The molecule has 0 saturated heterocycles. The van der Waals surface area contributed by atoms with E-state index in [2.05, 4.69) is 21.2 Å². The number of carbonyl (C=O) groups excluding carboxylic acids is 1. The van der Waals surface area contributed by atoms with E-state index in [1.165, 1.54) is 0 Å².